The van der Waals surface area contributed by atoms with Crippen LogP contribution in [0.25, 0.3) is 0 Å². The van der Waals surface area contributed by atoms with Crippen LogP contribution in [0.15, 0.2) is 0 Å². The zero-order valence-electron chi connectivity index (χ0n) is 5.73. The highest BCUT2D eigenvalue weighted by Crippen LogP contribution is 2.08. The molecule has 0 aromatic rings. The van der Waals surface area contributed by atoms with Crippen LogP contribution in [0.1, 0.15) is 0 Å². The third kappa shape index (κ3) is 1.94. The fourth-order valence-corrected chi connectivity index (χ4v) is 0.862. The minimum absolute atomic E-state index is 0.764. The molecular formula is C5H13O2Si. The van der Waals surface area contributed by atoms with E-state index in [1.54, 1.807) is 14.2 Å². The molecule has 2 nitrogen and oxygen atoms in total. The Morgan fingerprint density at radius 1 is 1.38 bits per heavy atom. The van der Waals surface area contributed by atoms with E-state index in [0.29, 0.717) is 0 Å². The van der Waals surface area contributed by atoms with Crippen LogP contribution in [-0.4, -0.2) is 22.8 Å². The molecule has 3 heteroatoms. The van der Waals surface area contributed by atoms with Gasteiger partial charge in [0.05, 0.1) is 0 Å². The maximum absolute atomic E-state index is 5.09. The van der Waals surface area contributed by atoms with Crippen molar-refractivity contribution >= 4 is 8.56 Å². The van der Waals surface area contributed by atoms with Gasteiger partial charge in [0, 0.05) is 14.2 Å². The second-order valence-electron chi connectivity index (χ2n) is 1.79. The Morgan fingerprint density at radius 2 is 1.75 bits per heavy atom. The summed E-state index contributed by atoms with van der Waals surface area (Å²) in [6.07, 6.45) is 0. The smallest absolute Gasteiger partial charge is 0.334 e. The Kier molecular flexibility index (Phi) is 3.27. The van der Waals surface area contributed by atoms with Gasteiger partial charge in [-0.05, 0) is 12.6 Å². The zero-order chi connectivity index (χ0) is 6.62. The van der Waals surface area contributed by atoms with E-state index in [0.717, 1.165) is 6.04 Å². The fourth-order valence-electron chi connectivity index (χ4n) is 0.287. The molecule has 0 atom stereocenters. The summed E-state index contributed by atoms with van der Waals surface area (Å²) in [7, 11) is 1.55. The van der Waals surface area contributed by atoms with E-state index in [-0.39, 0.29) is 0 Å². The van der Waals surface area contributed by atoms with Gasteiger partial charge in [0.25, 0.3) is 0 Å². The molecule has 0 fully saturated rings. The summed E-state index contributed by atoms with van der Waals surface area (Å²) in [5.41, 5.74) is 0. The van der Waals surface area contributed by atoms with E-state index < -0.39 is 8.56 Å². The zero-order valence-corrected chi connectivity index (χ0v) is 6.73. The van der Waals surface area contributed by atoms with E-state index in [1.165, 1.54) is 0 Å². The second kappa shape index (κ2) is 3.22. The van der Waals surface area contributed by atoms with Gasteiger partial charge in [-0.1, -0.05) is 6.92 Å². The van der Waals surface area contributed by atoms with E-state index >= 15 is 0 Å². The Labute approximate surface area is 52.1 Å². The summed E-state index contributed by atoms with van der Waals surface area (Å²) < 4.78 is 10.2. The molecule has 0 amide bonds. The van der Waals surface area contributed by atoms with Crippen LogP contribution in [0.5, 0.6) is 0 Å². The third-order valence-corrected chi connectivity index (χ3v) is 3.95. The second-order valence-corrected chi connectivity index (χ2v) is 5.38. The first-order valence-corrected chi connectivity index (χ1v) is 5.10. The molecule has 0 N–H and O–H groups in total. The molecule has 0 aliphatic carbocycles. The molecule has 49 valence electrons. The predicted molar refractivity (Wildman–Crippen MR) is 35.8 cm³/mol. The van der Waals surface area contributed by atoms with Crippen molar-refractivity contribution in [3.05, 3.63) is 6.92 Å². The van der Waals surface area contributed by atoms with Gasteiger partial charge in [0.15, 0.2) is 0 Å². The molecule has 8 heavy (non-hydrogen) atoms. The lowest BCUT2D eigenvalue weighted by molar-refractivity contribution is 0.253. The average molecular weight is 133 g/mol. The lowest BCUT2D eigenvalue weighted by atomic mass is 11.0. The van der Waals surface area contributed by atoms with Crippen LogP contribution in [-0.2, 0) is 8.85 Å². The van der Waals surface area contributed by atoms with Crippen molar-refractivity contribution in [2.45, 2.75) is 12.6 Å². The van der Waals surface area contributed by atoms with E-state index in [1.807, 2.05) is 6.55 Å². The van der Waals surface area contributed by atoms with Crippen molar-refractivity contribution in [2.75, 3.05) is 14.2 Å². The molecule has 1 radical (unpaired) electrons. The summed E-state index contributed by atoms with van der Waals surface area (Å²) in [4.78, 5) is 0. The molecule has 0 saturated carbocycles. The summed E-state index contributed by atoms with van der Waals surface area (Å²) in [6, 6.07) is 0.764. The predicted octanol–water partition coefficient (Wildman–Crippen LogP) is 1.19. The van der Waals surface area contributed by atoms with Crippen molar-refractivity contribution in [3.63, 3.8) is 0 Å². The third-order valence-electron chi connectivity index (χ3n) is 1.32. The Bertz CT molecular complexity index is 53.2. The molecular weight excluding hydrogens is 120 g/mol. The largest absolute Gasteiger partial charge is 0.398 e. The molecule has 0 aliphatic heterocycles. The minimum Gasteiger partial charge on any atom is -0.398 e. The quantitative estimate of drug-likeness (QED) is 0.538. The van der Waals surface area contributed by atoms with Crippen molar-refractivity contribution in [3.8, 4) is 0 Å². The van der Waals surface area contributed by atoms with Gasteiger partial charge in [-0.2, -0.15) is 0 Å². The minimum atomic E-state index is -1.78. The molecule has 0 aromatic carbocycles. The van der Waals surface area contributed by atoms with Crippen LogP contribution in [0, 0.1) is 6.92 Å². The normalized spacial score (nSPS) is 12.0. The number of rotatable bonds is 3. The van der Waals surface area contributed by atoms with Gasteiger partial charge in [-0.25, -0.2) is 0 Å². The number of hydrogen-bond acceptors (Lipinski definition) is 2. The van der Waals surface area contributed by atoms with Crippen molar-refractivity contribution in [2.24, 2.45) is 0 Å². The highest BCUT2D eigenvalue weighted by Gasteiger charge is 2.24. The topological polar surface area (TPSA) is 18.5 Å². The lowest BCUT2D eigenvalue weighted by Crippen LogP contribution is -2.34. The van der Waals surface area contributed by atoms with E-state index in [9.17, 15) is 0 Å². The fraction of sp³-hybridized carbons (Fsp3) is 0.800. The Morgan fingerprint density at radius 3 is 1.75 bits per heavy atom. The van der Waals surface area contributed by atoms with Crippen LogP contribution in [0.3, 0.4) is 0 Å². The number of hydrogen-bond donors (Lipinski definition) is 0. The summed E-state index contributed by atoms with van der Waals surface area (Å²) in [5, 5.41) is 0. The van der Waals surface area contributed by atoms with Gasteiger partial charge in [-0.3, -0.25) is 0 Å². The van der Waals surface area contributed by atoms with Gasteiger partial charge >= 0.3 is 8.56 Å². The molecule has 0 unspecified atom stereocenters. The SMILES string of the molecule is [CH2]C[Si](C)(OC)OC. The molecule has 0 saturated heterocycles. The van der Waals surface area contributed by atoms with E-state index in [2.05, 4.69) is 6.92 Å². The summed E-state index contributed by atoms with van der Waals surface area (Å²) in [5.74, 6) is 0. The summed E-state index contributed by atoms with van der Waals surface area (Å²) in [6.45, 7) is 5.70. The first-order chi connectivity index (χ1) is 3.68. The standard InChI is InChI=1S/C5H13O2Si/c1-5-8(4,6-2)7-3/h1,5H2,2-4H3. The monoisotopic (exact) mass is 133 g/mol. The first-order valence-electron chi connectivity index (χ1n) is 2.58. The van der Waals surface area contributed by atoms with Gasteiger partial charge < -0.3 is 8.85 Å². The maximum atomic E-state index is 5.09. The Balaban J connectivity index is 3.58. The molecule has 0 rings (SSSR count). The highest BCUT2D eigenvalue weighted by molar-refractivity contribution is 6.66. The average Bonchev–Trinajstić information content (AvgIpc) is 1.87. The molecule has 0 spiro atoms. The molecule has 0 aromatic heterocycles. The van der Waals surface area contributed by atoms with Crippen molar-refractivity contribution in [1.82, 2.24) is 0 Å². The lowest BCUT2D eigenvalue weighted by Gasteiger charge is -2.19. The van der Waals surface area contributed by atoms with Crippen LogP contribution < -0.4 is 0 Å². The van der Waals surface area contributed by atoms with Gasteiger partial charge in [0.2, 0.25) is 0 Å². The van der Waals surface area contributed by atoms with Crippen LogP contribution in [0.4, 0.5) is 0 Å². The summed E-state index contributed by atoms with van der Waals surface area (Å²) >= 11 is 0. The van der Waals surface area contributed by atoms with Gasteiger partial charge in [-0.15, -0.1) is 0 Å². The molecule has 0 heterocycles. The maximum Gasteiger partial charge on any atom is 0.334 e. The van der Waals surface area contributed by atoms with Gasteiger partial charge in [0.1, 0.15) is 0 Å². The first kappa shape index (κ1) is 8.14. The molecule has 0 bridgehead atoms. The van der Waals surface area contributed by atoms with Crippen molar-refractivity contribution in [1.29, 1.82) is 0 Å². The van der Waals surface area contributed by atoms with Crippen LogP contribution in [0.2, 0.25) is 12.6 Å². The highest BCUT2D eigenvalue weighted by atomic mass is 28.4. The molecule has 0 aliphatic rings. The van der Waals surface area contributed by atoms with E-state index in [4.69, 9.17) is 8.85 Å². The van der Waals surface area contributed by atoms with Crippen LogP contribution >= 0.6 is 0 Å². The Hall–Kier alpha value is 0.137. The van der Waals surface area contributed by atoms with Crippen molar-refractivity contribution < 1.29 is 8.85 Å².